The molecular weight excluding hydrogens is 240 g/mol. The van der Waals surface area contributed by atoms with Gasteiger partial charge in [-0.05, 0) is 31.4 Å². The van der Waals surface area contributed by atoms with Gasteiger partial charge < -0.3 is 10.0 Å². The second-order valence-electron chi connectivity index (χ2n) is 4.85. The molecule has 1 aromatic heterocycles. The number of hydrogen-bond acceptors (Lipinski definition) is 3. The largest absolute Gasteiger partial charge is 0.478 e. The maximum absolute atomic E-state index is 11.4. The lowest BCUT2D eigenvalue weighted by molar-refractivity contribution is 0.0696. The van der Waals surface area contributed by atoms with Crippen LogP contribution in [-0.2, 0) is 0 Å². The van der Waals surface area contributed by atoms with Crippen LogP contribution in [0.4, 0.5) is 5.82 Å². The average molecular weight is 264 g/mol. The minimum Gasteiger partial charge on any atom is -0.478 e. The van der Waals surface area contributed by atoms with E-state index in [1.54, 1.807) is 12.3 Å². The SMILES string of the molecule is CCC(CC)CN(CC)c1nccc(C)c1C(=O)O. The van der Waals surface area contributed by atoms with Crippen molar-refractivity contribution >= 4 is 11.8 Å². The number of rotatable bonds is 7. The molecule has 0 aliphatic heterocycles. The van der Waals surface area contributed by atoms with E-state index in [9.17, 15) is 9.90 Å². The van der Waals surface area contributed by atoms with Crippen LogP contribution in [0.2, 0.25) is 0 Å². The molecule has 0 saturated heterocycles. The highest BCUT2D eigenvalue weighted by atomic mass is 16.4. The van der Waals surface area contributed by atoms with Crippen LogP contribution in [0, 0.1) is 12.8 Å². The normalized spacial score (nSPS) is 10.8. The molecule has 0 spiro atoms. The quantitative estimate of drug-likeness (QED) is 0.820. The number of carboxylic acid groups (broad SMARTS) is 1. The van der Waals surface area contributed by atoms with Crippen molar-refractivity contribution < 1.29 is 9.90 Å². The molecule has 4 heteroatoms. The number of aromatic nitrogens is 1. The highest BCUT2D eigenvalue weighted by Gasteiger charge is 2.20. The predicted octanol–water partition coefficient (Wildman–Crippen LogP) is 3.35. The van der Waals surface area contributed by atoms with Crippen molar-refractivity contribution in [2.24, 2.45) is 5.92 Å². The predicted molar refractivity (Wildman–Crippen MR) is 77.9 cm³/mol. The molecule has 0 radical (unpaired) electrons. The summed E-state index contributed by atoms with van der Waals surface area (Å²) in [6.45, 7) is 9.83. The fraction of sp³-hybridized carbons (Fsp3) is 0.600. The van der Waals surface area contributed by atoms with Gasteiger partial charge in [0.15, 0.2) is 0 Å². The molecule has 0 fully saturated rings. The first-order chi connectivity index (χ1) is 9.04. The summed E-state index contributed by atoms with van der Waals surface area (Å²) < 4.78 is 0. The zero-order chi connectivity index (χ0) is 14.4. The van der Waals surface area contributed by atoms with Gasteiger partial charge in [0, 0.05) is 19.3 Å². The first kappa shape index (κ1) is 15.5. The number of carbonyl (C=O) groups is 1. The van der Waals surface area contributed by atoms with Crippen LogP contribution in [0.1, 0.15) is 49.5 Å². The zero-order valence-electron chi connectivity index (χ0n) is 12.3. The number of carboxylic acids is 1. The van der Waals surface area contributed by atoms with Gasteiger partial charge in [-0.1, -0.05) is 26.7 Å². The first-order valence-corrected chi connectivity index (χ1v) is 6.98. The third-order valence-corrected chi connectivity index (χ3v) is 3.67. The second kappa shape index (κ2) is 7.12. The fourth-order valence-electron chi connectivity index (χ4n) is 2.27. The van der Waals surface area contributed by atoms with E-state index in [0.29, 0.717) is 17.3 Å². The van der Waals surface area contributed by atoms with Crippen LogP contribution >= 0.6 is 0 Å². The third-order valence-electron chi connectivity index (χ3n) is 3.67. The number of aryl methyl sites for hydroxylation is 1. The highest BCUT2D eigenvalue weighted by Crippen LogP contribution is 2.23. The van der Waals surface area contributed by atoms with Crippen molar-refractivity contribution in [1.29, 1.82) is 0 Å². The van der Waals surface area contributed by atoms with Gasteiger partial charge in [0.25, 0.3) is 0 Å². The van der Waals surface area contributed by atoms with Gasteiger partial charge in [-0.25, -0.2) is 9.78 Å². The standard InChI is InChI=1S/C15H24N2O2/c1-5-12(6-2)10-17(7-3)14-13(15(18)19)11(4)8-9-16-14/h8-9,12H,5-7,10H2,1-4H3,(H,18,19). The summed E-state index contributed by atoms with van der Waals surface area (Å²) in [7, 11) is 0. The van der Waals surface area contributed by atoms with Gasteiger partial charge in [0.2, 0.25) is 0 Å². The summed E-state index contributed by atoms with van der Waals surface area (Å²) in [4.78, 5) is 17.8. The third kappa shape index (κ3) is 3.69. The Balaban J connectivity index is 3.11. The van der Waals surface area contributed by atoms with Crippen LogP contribution in [-0.4, -0.2) is 29.1 Å². The Morgan fingerprint density at radius 1 is 1.37 bits per heavy atom. The van der Waals surface area contributed by atoms with Gasteiger partial charge in [-0.2, -0.15) is 0 Å². The van der Waals surface area contributed by atoms with E-state index in [4.69, 9.17) is 0 Å². The topological polar surface area (TPSA) is 53.4 Å². The Kier molecular flexibility index (Phi) is 5.80. The molecule has 1 N–H and O–H groups in total. The molecule has 0 atom stereocenters. The number of aromatic carboxylic acids is 1. The molecule has 0 aliphatic carbocycles. The smallest absolute Gasteiger partial charge is 0.339 e. The molecule has 0 unspecified atom stereocenters. The van der Waals surface area contributed by atoms with Crippen molar-refractivity contribution in [1.82, 2.24) is 4.98 Å². The molecule has 0 aliphatic rings. The lowest BCUT2D eigenvalue weighted by Crippen LogP contribution is -2.31. The van der Waals surface area contributed by atoms with E-state index < -0.39 is 5.97 Å². The summed E-state index contributed by atoms with van der Waals surface area (Å²) in [6, 6.07) is 1.75. The second-order valence-corrected chi connectivity index (χ2v) is 4.85. The van der Waals surface area contributed by atoms with Crippen LogP contribution in [0.25, 0.3) is 0 Å². The zero-order valence-corrected chi connectivity index (χ0v) is 12.3. The van der Waals surface area contributed by atoms with Crippen molar-refractivity contribution in [2.45, 2.75) is 40.5 Å². The Labute approximate surface area is 115 Å². The van der Waals surface area contributed by atoms with Gasteiger partial charge in [-0.3, -0.25) is 0 Å². The molecule has 1 heterocycles. The molecule has 0 saturated carbocycles. The molecule has 0 bridgehead atoms. The minimum atomic E-state index is -0.899. The molecule has 4 nitrogen and oxygen atoms in total. The summed E-state index contributed by atoms with van der Waals surface area (Å²) in [5.41, 5.74) is 1.09. The lowest BCUT2D eigenvalue weighted by atomic mass is 10.0. The number of nitrogens with zero attached hydrogens (tertiary/aromatic N) is 2. The molecule has 0 amide bonds. The van der Waals surface area contributed by atoms with E-state index in [1.807, 2.05) is 13.8 Å². The number of hydrogen-bond donors (Lipinski definition) is 1. The maximum atomic E-state index is 11.4. The lowest BCUT2D eigenvalue weighted by Gasteiger charge is -2.27. The van der Waals surface area contributed by atoms with Crippen molar-refractivity contribution in [3.63, 3.8) is 0 Å². The Morgan fingerprint density at radius 3 is 2.47 bits per heavy atom. The summed E-state index contributed by atoms with van der Waals surface area (Å²) in [6.07, 6.45) is 3.88. The van der Waals surface area contributed by atoms with E-state index in [2.05, 4.69) is 23.7 Å². The number of anilines is 1. The molecule has 19 heavy (non-hydrogen) atoms. The van der Waals surface area contributed by atoms with Gasteiger partial charge in [0.1, 0.15) is 11.4 Å². The molecule has 1 rings (SSSR count). The van der Waals surface area contributed by atoms with Crippen LogP contribution < -0.4 is 4.90 Å². The molecule has 0 aromatic carbocycles. The Bertz CT molecular complexity index is 428. The Morgan fingerprint density at radius 2 is 2.00 bits per heavy atom. The van der Waals surface area contributed by atoms with Gasteiger partial charge >= 0.3 is 5.97 Å². The highest BCUT2D eigenvalue weighted by molar-refractivity contribution is 5.94. The molecule has 1 aromatic rings. The Hall–Kier alpha value is -1.58. The van der Waals surface area contributed by atoms with Crippen LogP contribution in [0.15, 0.2) is 12.3 Å². The van der Waals surface area contributed by atoms with Crippen LogP contribution in [0.5, 0.6) is 0 Å². The monoisotopic (exact) mass is 264 g/mol. The maximum Gasteiger partial charge on any atom is 0.339 e. The summed E-state index contributed by atoms with van der Waals surface area (Å²) in [5, 5.41) is 9.37. The minimum absolute atomic E-state index is 0.329. The van der Waals surface area contributed by atoms with Crippen molar-refractivity contribution in [2.75, 3.05) is 18.0 Å². The van der Waals surface area contributed by atoms with E-state index in [0.717, 1.165) is 31.5 Å². The van der Waals surface area contributed by atoms with Gasteiger partial charge in [0.05, 0.1) is 0 Å². The number of pyridine rings is 1. The summed E-state index contributed by atoms with van der Waals surface area (Å²) >= 11 is 0. The van der Waals surface area contributed by atoms with Crippen molar-refractivity contribution in [3.05, 3.63) is 23.4 Å². The first-order valence-electron chi connectivity index (χ1n) is 6.98. The van der Waals surface area contributed by atoms with Gasteiger partial charge in [-0.15, -0.1) is 0 Å². The average Bonchev–Trinajstić information content (AvgIpc) is 2.39. The van der Waals surface area contributed by atoms with Crippen molar-refractivity contribution in [3.8, 4) is 0 Å². The van der Waals surface area contributed by atoms with E-state index in [-0.39, 0.29) is 0 Å². The molecular formula is C15H24N2O2. The summed E-state index contributed by atoms with van der Waals surface area (Å²) in [5.74, 6) is 0.273. The molecule has 106 valence electrons. The fourth-order valence-corrected chi connectivity index (χ4v) is 2.27. The van der Waals surface area contributed by atoms with Crippen LogP contribution in [0.3, 0.4) is 0 Å². The van der Waals surface area contributed by atoms with E-state index >= 15 is 0 Å². The van der Waals surface area contributed by atoms with E-state index in [1.165, 1.54) is 0 Å².